The average molecular weight is 343 g/mol. The van der Waals surface area contributed by atoms with Crippen LogP contribution < -0.4 is 10.0 Å². The van der Waals surface area contributed by atoms with Gasteiger partial charge in [-0.1, -0.05) is 18.2 Å². The summed E-state index contributed by atoms with van der Waals surface area (Å²) in [4.78, 5) is 3.93. The van der Waals surface area contributed by atoms with E-state index in [-0.39, 0.29) is 24.0 Å². The number of aryl methyl sites for hydroxylation is 1. The summed E-state index contributed by atoms with van der Waals surface area (Å²) in [5.74, 6) is 0. The standard InChI is InChI=1S/C14H18N4O2S.ClH/c1-2-18-9-14(16-10-18)21(19,20)17-6-11-3-4-12-7-15-8-13(12)5-11;/h3-5,9-10,15,17H,2,6-8H2,1H3;1H. The number of hydrogen-bond acceptors (Lipinski definition) is 4. The van der Waals surface area contributed by atoms with Crippen LogP contribution in [0.2, 0.25) is 0 Å². The minimum absolute atomic E-state index is 0. The molecule has 1 aliphatic rings. The zero-order chi connectivity index (χ0) is 14.9. The van der Waals surface area contributed by atoms with Crippen LogP contribution >= 0.6 is 12.4 Å². The lowest BCUT2D eigenvalue weighted by Gasteiger charge is -2.06. The van der Waals surface area contributed by atoms with Crippen molar-refractivity contribution in [2.45, 2.75) is 38.1 Å². The van der Waals surface area contributed by atoms with Gasteiger partial charge in [0.15, 0.2) is 5.03 Å². The molecule has 0 fully saturated rings. The van der Waals surface area contributed by atoms with Gasteiger partial charge in [-0.3, -0.25) is 0 Å². The Morgan fingerprint density at radius 1 is 1.32 bits per heavy atom. The first kappa shape index (κ1) is 17.0. The number of rotatable bonds is 5. The van der Waals surface area contributed by atoms with Crippen molar-refractivity contribution in [2.24, 2.45) is 0 Å². The van der Waals surface area contributed by atoms with E-state index in [1.54, 1.807) is 4.57 Å². The minimum atomic E-state index is -3.56. The molecule has 0 atom stereocenters. The van der Waals surface area contributed by atoms with Gasteiger partial charge in [-0.15, -0.1) is 12.4 Å². The minimum Gasteiger partial charge on any atom is -0.336 e. The molecule has 1 aromatic carbocycles. The fraction of sp³-hybridized carbons (Fsp3) is 0.357. The van der Waals surface area contributed by atoms with Crippen LogP contribution in [0.5, 0.6) is 0 Å². The number of halogens is 1. The molecule has 22 heavy (non-hydrogen) atoms. The third-order valence-corrected chi connectivity index (χ3v) is 4.90. The molecule has 2 aromatic rings. The summed E-state index contributed by atoms with van der Waals surface area (Å²) in [6.45, 7) is 4.63. The third kappa shape index (κ3) is 3.49. The Hall–Kier alpha value is -1.41. The first-order valence-electron chi connectivity index (χ1n) is 6.91. The zero-order valence-electron chi connectivity index (χ0n) is 12.2. The van der Waals surface area contributed by atoms with Crippen molar-refractivity contribution >= 4 is 22.4 Å². The van der Waals surface area contributed by atoms with Gasteiger partial charge in [0.05, 0.1) is 6.33 Å². The van der Waals surface area contributed by atoms with Gasteiger partial charge in [0.1, 0.15) is 0 Å². The second-order valence-corrected chi connectivity index (χ2v) is 6.79. The molecule has 8 heteroatoms. The normalized spacial score (nSPS) is 13.7. The molecule has 2 heterocycles. The van der Waals surface area contributed by atoms with Crippen molar-refractivity contribution in [1.82, 2.24) is 19.6 Å². The van der Waals surface area contributed by atoms with Gasteiger partial charge in [-0.2, -0.15) is 0 Å². The molecular formula is C14H19ClN4O2S. The number of sulfonamides is 1. The van der Waals surface area contributed by atoms with Gasteiger partial charge >= 0.3 is 0 Å². The summed E-state index contributed by atoms with van der Waals surface area (Å²) >= 11 is 0. The number of hydrogen-bond donors (Lipinski definition) is 2. The summed E-state index contributed by atoms with van der Waals surface area (Å²) in [5.41, 5.74) is 3.47. The van der Waals surface area contributed by atoms with Crippen molar-refractivity contribution in [3.05, 3.63) is 47.4 Å². The maximum atomic E-state index is 12.2. The van der Waals surface area contributed by atoms with Crippen LogP contribution in [-0.2, 0) is 36.2 Å². The Balaban J connectivity index is 0.00000176. The van der Waals surface area contributed by atoms with Crippen molar-refractivity contribution in [2.75, 3.05) is 0 Å². The van der Waals surface area contributed by atoms with Crippen LogP contribution in [0.15, 0.2) is 35.7 Å². The first-order chi connectivity index (χ1) is 10.1. The van der Waals surface area contributed by atoms with E-state index in [0.717, 1.165) is 18.7 Å². The molecule has 6 nitrogen and oxygen atoms in total. The lowest BCUT2D eigenvalue weighted by molar-refractivity contribution is 0.578. The predicted molar refractivity (Wildman–Crippen MR) is 86.2 cm³/mol. The molecule has 0 saturated heterocycles. The Kier molecular flexibility index (Phi) is 5.23. The van der Waals surface area contributed by atoms with Crippen LogP contribution in [0.1, 0.15) is 23.6 Å². The van der Waals surface area contributed by atoms with Gasteiger partial charge in [0, 0.05) is 32.4 Å². The quantitative estimate of drug-likeness (QED) is 0.861. The molecule has 0 spiro atoms. The summed E-state index contributed by atoms with van der Waals surface area (Å²) < 4.78 is 28.7. The summed E-state index contributed by atoms with van der Waals surface area (Å²) in [6.07, 6.45) is 3.06. The number of nitrogens with zero attached hydrogens (tertiary/aromatic N) is 2. The predicted octanol–water partition coefficient (Wildman–Crippen LogP) is 1.41. The van der Waals surface area contributed by atoms with Crippen LogP contribution in [0.3, 0.4) is 0 Å². The summed E-state index contributed by atoms with van der Waals surface area (Å²) in [7, 11) is -3.56. The topological polar surface area (TPSA) is 76.0 Å². The van der Waals surface area contributed by atoms with E-state index < -0.39 is 10.0 Å². The molecule has 0 unspecified atom stereocenters. The Morgan fingerprint density at radius 2 is 2.09 bits per heavy atom. The maximum absolute atomic E-state index is 12.2. The molecule has 1 aromatic heterocycles. The van der Waals surface area contributed by atoms with E-state index in [4.69, 9.17) is 0 Å². The van der Waals surface area contributed by atoms with E-state index in [0.29, 0.717) is 6.54 Å². The first-order valence-corrected chi connectivity index (χ1v) is 8.39. The molecule has 120 valence electrons. The fourth-order valence-electron chi connectivity index (χ4n) is 2.36. The molecule has 0 aliphatic carbocycles. The maximum Gasteiger partial charge on any atom is 0.259 e. The highest BCUT2D eigenvalue weighted by atomic mass is 35.5. The lowest BCUT2D eigenvalue weighted by Crippen LogP contribution is -2.23. The average Bonchev–Trinajstić information content (AvgIpc) is 3.13. The molecule has 1 aliphatic heterocycles. The van der Waals surface area contributed by atoms with E-state index in [1.807, 2.05) is 25.1 Å². The molecule has 0 bridgehead atoms. The molecule has 0 radical (unpaired) electrons. The zero-order valence-corrected chi connectivity index (χ0v) is 13.9. The molecule has 2 N–H and O–H groups in total. The van der Waals surface area contributed by atoms with E-state index in [9.17, 15) is 8.42 Å². The van der Waals surface area contributed by atoms with Gasteiger partial charge in [0.25, 0.3) is 10.0 Å². The molecular weight excluding hydrogens is 324 g/mol. The van der Waals surface area contributed by atoms with Crippen molar-refractivity contribution in [1.29, 1.82) is 0 Å². The molecule has 0 amide bonds. The lowest BCUT2D eigenvalue weighted by atomic mass is 10.1. The number of fused-ring (bicyclic) bond motifs is 1. The van der Waals surface area contributed by atoms with Crippen LogP contribution in [-0.4, -0.2) is 18.0 Å². The Morgan fingerprint density at radius 3 is 2.82 bits per heavy atom. The number of nitrogens with one attached hydrogen (secondary N) is 2. The van der Waals surface area contributed by atoms with Crippen LogP contribution in [0.4, 0.5) is 0 Å². The van der Waals surface area contributed by atoms with Crippen molar-refractivity contribution < 1.29 is 8.42 Å². The van der Waals surface area contributed by atoms with Crippen molar-refractivity contribution in [3.63, 3.8) is 0 Å². The van der Waals surface area contributed by atoms with Crippen LogP contribution in [0, 0.1) is 0 Å². The number of imidazole rings is 1. The number of aromatic nitrogens is 2. The summed E-state index contributed by atoms with van der Waals surface area (Å²) in [6, 6.07) is 6.05. The van der Waals surface area contributed by atoms with E-state index in [2.05, 4.69) is 15.0 Å². The number of benzene rings is 1. The van der Waals surface area contributed by atoms with Gasteiger partial charge in [0.2, 0.25) is 0 Å². The molecule has 0 saturated carbocycles. The fourth-order valence-corrected chi connectivity index (χ4v) is 3.33. The SMILES string of the molecule is CCn1cnc(S(=O)(=O)NCc2ccc3c(c2)CNC3)c1.Cl. The second-order valence-electron chi connectivity index (χ2n) is 5.07. The van der Waals surface area contributed by atoms with Crippen molar-refractivity contribution in [3.8, 4) is 0 Å². The highest BCUT2D eigenvalue weighted by Crippen LogP contribution is 2.17. The van der Waals surface area contributed by atoms with Gasteiger partial charge in [-0.05, 0) is 23.6 Å². The molecule has 3 rings (SSSR count). The second kappa shape index (κ2) is 6.78. The van der Waals surface area contributed by atoms with E-state index in [1.165, 1.54) is 23.7 Å². The van der Waals surface area contributed by atoms with E-state index >= 15 is 0 Å². The van der Waals surface area contributed by atoms with Crippen LogP contribution in [0.25, 0.3) is 0 Å². The highest BCUT2D eigenvalue weighted by molar-refractivity contribution is 7.89. The van der Waals surface area contributed by atoms with Gasteiger partial charge < -0.3 is 9.88 Å². The highest BCUT2D eigenvalue weighted by Gasteiger charge is 2.17. The monoisotopic (exact) mass is 342 g/mol. The largest absolute Gasteiger partial charge is 0.336 e. The Labute approximate surface area is 136 Å². The van der Waals surface area contributed by atoms with Gasteiger partial charge in [-0.25, -0.2) is 18.1 Å². The third-order valence-electron chi connectivity index (χ3n) is 3.62. The Bertz CT molecular complexity index is 758. The smallest absolute Gasteiger partial charge is 0.259 e. The summed E-state index contributed by atoms with van der Waals surface area (Å²) in [5, 5.41) is 3.33.